The molecule has 1 saturated heterocycles. The number of rotatable bonds is 5. The minimum absolute atomic E-state index is 0.689. The Morgan fingerprint density at radius 2 is 2.41 bits per heavy atom. The number of likely N-dealkylation sites (N-methyl/N-ethyl adjacent to an activating group) is 1. The minimum Gasteiger partial charge on any atom is -0.315 e. The summed E-state index contributed by atoms with van der Waals surface area (Å²) in [7, 11) is 0. The predicted octanol–water partition coefficient (Wildman–Crippen LogP) is 1.48. The summed E-state index contributed by atoms with van der Waals surface area (Å²) in [4.78, 5) is 2.56. The van der Waals surface area contributed by atoms with Crippen LogP contribution in [-0.2, 0) is 13.1 Å². The first-order valence-corrected chi connectivity index (χ1v) is 6.80. The van der Waals surface area contributed by atoms with Crippen molar-refractivity contribution in [1.82, 2.24) is 20.0 Å². The van der Waals surface area contributed by atoms with Gasteiger partial charge in [0.2, 0.25) is 0 Å². The van der Waals surface area contributed by atoms with Gasteiger partial charge in [0.05, 0.1) is 5.69 Å². The number of nitrogens with zero attached hydrogens (tertiary/aromatic N) is 3. The Kier molecular flexibility index (Phi) is 4.57. The number of hydrogen-bond donors (Lipinski definition) is 1. The highest BCUT2D eigenvalue weighted by Gasteiger charge is 2.20. The largest absolute Gasteiger partial charge is 0.315 e. The van der Waals surface area contributed by atoms with Crippen LogP contribution in [0.1, 0.15) is 32.4 Å². The van der Waals surface area contributed by atoms with Crippen LogP contribution in [0.5, 0.6) is 0 Å². The van der Waals surface area contributed by atoms with Crippen LogP contribution >= 0.6 is 0 Å². The zero-order chi connectivity index (χ0) is 12.1. The Hall–Kier alpha value is -0.870. The topological polar surface area (TPSA) is 33.1 Å². The Bertz CT molecular complexity index is 328. The Balaban J connectivity index is 1.98. The lowest BCUT2D eigenvalue weighted by atomic mass is 10.1. The van der Waals surface area contributed by atoms with E-state index in [1.165, 1.54) is 25.1 Å². The molecular formula is C13H24N4. The molecule has 0 spiro atoms. The lowest BCUT2D eigenvalue weighted by Crippen LogP contribution is -2.45. The van der Waals surface area contributed by atoms with Gasteiger partial charge in [-0.3, -0.25) is 9.58 Å². The highest BCUT2D eigenvalue weighted by atomic mass is 15.3. The number of nitrogens with one attached hydrogen (secondary N) is 1. The zero-order valence-corrected chi connectivity index (χ0v) is 11.0. The average molecular weight is 236 g/mol. The molecule has 2 heterocycles. The highest BCUT2D eigenvalue weighted by Crippen LogP contribution is 2.14. The molecule has 17 heavy (non-hydrogen) atoms. The molecule has 96 valence electrons. The lowest BCUT2D eigenvalue weighted by molar-refractivity contribution is 0.162. The predicted molar refractivity (Wildman–Crippen MR) is 69.9 cm³/mol. The van der Waals surface area contributed by atoms with Crippen molar-refractivity contribution in [2.75, 3.05) is 19.6 Å². The highest BCUT2D eigenvalue weighted by molar-refractivity contribution is 5.01. The van der Waals surface area contributed by atoms with Gasteiger partial charge in [-0.05, 0) is 38.9 Å². The van der Waals surface area contributed by atoms with Crippen molar-refractivity contribution in [2.24, 2.45) is 0 Å². The first-order chi connectivity index (χ1) is 8.35. The molecule has 1 aromatic heterocycles. The van der Waals surface area contributed by atoms with Gasteiger partial charge < -0.3 is 5.32 Å². The van der Waals surface area contributed by atoms with E-state index in [9.17, 15) is 0 Å². The lowest BCUT2D eigenvalue weighted by Gasteiger charge is -2.33. The molecule has 0 bridgehead atoms. The molecule has 1 atom stereocenters. The van der Waals surface area contributed by atoms with Crippen molar-refractivity contribution in [3.05, 3.63) is 18.0 Å². The van der Waals surface area contributed by atoms with E-state index in [0.717, 1.165) is 26.2 Å². The summed E-state index contributed by atoms with van der Waals surface area (Å²) in [5.74, 6) is 0. The Morgan fingerprint density at radius 1 is 1.53 bits per heavy atom. The minimum atomic E-state index is 0.689. The summed E-state index contributed by atoms with van der Waals surface area (Å²) in [6.45, 7) is 9.81. The molecule has 4 heteroatoms. The molecular weight excluding hydrogens is 212 g/mol. The maximum absolute atomic E-state index is 4.34. The molecule has 1 aliphatic heterocycles. The third kappa shape index (κ3) is 3.07. The molecule has 0 saturated carbocycles. The average Bonchev–Trinajstić information content (AvgIpc) is 2.84. The molecule has 0 aromatic carbocycles. The van der Waals surface area contributed by atoms with Crippen molar-refractivity contribution in [1.29, 1.82) is 0 Å². The van der Waals surface area contributed by atoms with Crippen molar-refractivity contribution in [2.45, 2.75) is 45.8 Å². The fraction of sp³-hybridized carbons (Fsp3) is 0.769. The Morgan fingerprint density at radius 3 is 3.06 bits per heavy atom. The second kappa shape index (κ2) is 6.17. The van der Waals surface area contributed by atoms with Gasteiger partial charge in [-0.2, -0.15) is 5.10 Å². The van der Waals surface area contributed by atoms with Gasteiger partial charge in [-0.1, -0.05) is 6.92 Å². The third-order valence-corrected chi connectivity index (χ3v) is 3.66. The van der Waals surface area contributed by atoms with Crippen LogP contribution in [0.25, 0.3) is 0 Å². The van der Waals surface area contributed by atoms with Crippen LogP contribution in [0.15, 0.2) is 12.3 Å². The number of hydrogen-bond acceptors (Lipinski definition) is 3. The van der Waals surface area contributed by atoms with Crippen LogP contribution < -0.4 is 5.32 Å². The number of aryl methyl sites for hydroxylation is 1. The fourth-order valence-electron chi connectivity index (χ4n) is 2.63. The van der Waals surface area contributed by atoms with Crippen molar-refractivity contribution < 1.29 is 0 Å². The van der Waals surface area contributed by atoms with Gasteiger partial charge >= 0.3 is 0 Å². The van der Waals surface area contributed by atoms with E-state index >= 15 is 0 Å². The maximum Gasteiger partial charge on any atom is 0.0524 e. The maximum atomic E-state index is 4.34. The van der Waals surface area contributed by atoms with Gasteiger partial charge in [-0.15, -0.1) is 0 Å². The van der Waals surface area contributed by atoms with Crippen LogP contribution in [0.3, 0.4) is 0 Å². The molecule has 1 unspecified atom stereocenters. The van der Waals surface area contributed by atoms with E-state index in [1.807, 2.05) is 6.20 Å². The SMILES string of the molecule is CCN(Cc1ccnn1CC)C1CCCNC1. The molecule has 0 amide bonds. The normalized spacial score (nSPS) is 21.0. The van der Waals surface area contributed by atoms with E-state index in [-0.39, 0.29) is 0 Å². The van der Waals surface area contributed by atoms with Gasteiger partial charge in [0.1, 0.15) is 0 Å². The second-order valence-corrected chi connectivity index (χ2v) is 4.70. The second-order valence-electron chi connectivity index (χ2n) is 4.70. The molecule has 1 aliphatic rings. The van der Waals surface area contributed by atoms with Crippen molar-refractivity contribution in [3.63, 3.8) is 0 Å². The van der Waals surface area contributed by atoms with E-state index in [1.54, 1.807) is 0 Å². The summed E-state index contributed by atoms with van der Waals surface area (Å²) in [6.07, 6.45) is 4.53. The summed E-state index contributed by atoms with van der Waals surface area (Å²) in [6, 6.07) is 2.83. The number of piperidine rings is 1. The van der Waals surface area contributed by atoms with Gasteiger partial charge in [-0.25, -0.2) is 0 Å². The van der Waals surface area contributed by atoms with Crippen LogP contribution in [0.2, 0.25) is 0 Å². The smallest absolute Gasteiger partial charge is 0.0524 e. The molecule has 1 fully saturated rings. The van der Waals surface area contributed by atoms with Crippen LogP contribution in [0, 0.1) is 0 Å². The van der Waals surface area contributed by atoms with E-state index < -0.39 is 0 Å². The summed E-state index contributed by atoms with van der Waals surface area (Å²) >= 11 is 0. The van der Waals surface area contributed by atoms with E-state index in [4.69, 9.17) is 0 Å². The van der Waals surface area contributed by atoms with Crippen molar-refractivity contribution in [3.8, 4) is 0 Å². The fourth-order valence-corrected chi connectivity index (χ4v) is 2.63. The molecule has 0 aliphatic carbocycles. The summed E-state index contributed by atoms with van der Waals surface area (Å²) in [5, 5.41) is 7.84. The van der Waals surface area contributed by atoms with Gasteiger partial charge in [0, 0.05) is 31.9 Å². The standard InChI is InChI=1S/C13H24N4/c1-3-16(12-6-5-8-14-10-12)11-13-7-9-15-17(13)4-2/h7,9,12,14H,3-6,8,10-11H2,1-2H3. The molecule has 2 rings (SSSR count). The summed E-state index contributed by atoms with van der Waals surface area (Å²) < 4.78 is 2.10. The van der Waals surface area contributed by atoms with Crippen LogP contribution in [-0.4, -0.2) is 40.4 Å². The van der Waals surface area contributed by atoms with Gasteiger partial charge in [0.25, 0.3) is 0 Å². The van der Waals surface area contributed by atoms with Crippen molar-refractivity contribution >= 4 is 0 Å². The van der Waals surface area contributed by atoms with Crippen LogP contribution in [0.4, 0.5) is 0 Å². The van der Waals surface area contributed by atoms with E-state index in [2.05, 4.69) is 39.9 Å². The van der Waals surface area contributed by atoms with Gasteiger partial charge in [0.15, 0.2) is 0 Å². The molecule has 1 aromatic rings. The molecule has 4 nitrogen and oxygen atoms in total. The first-order valence-electron chi connectivity index (χ1n) is 6.80. The van der Waals surface area contributed by atoms with E-state index in [0.29, 0.717) is 6.04 Å². The zero-order valence-electron chi connectivity index (χ0n) is 11.0. The molecule has 0 radical (unpaired) electrons. The quantitative estimate of drug-likeness (QED) is 0.840. The number of aromatic nitrogens is 2. The summed E-state index contributed by atoms with van der Waals surface area (Å²) in [5.41, 5.74) is 1.33. The first kappa shape index (κ1) is 12.6. The monoisotopic (exact) mass is 236 g/mol. The third-order valence-electron chi connectivity index (χ3n) is 3.66. The molecule has 1 N–H and O–H groups in total. The Labute approximate surface area is 104 Å².